The monoisotopic (exact) mass is 624 g/mol. The normalized spacial score (nSPS) is 32.5. The van der Waals surface area contributed by atoms with Gasteiger partial charge in [-0.3, -0.25) is 9.59 Å². The molecule has 10 atom stereocenters. The summed E-state index contributed by atoms with van der Waals surface area (Å²) < 4.78 is 38.0. The van der Waals surface area contributed by atoms with Crippen molar-refractivity contribution in [2.75, 3.05) is 13.7 Å². The number of ether oxygens (including phenoxy) is 6. The van der Waals surface area contributed by atoms with Crippen molar-refractivity contribution < 1.29 is 73.4 Å². The first kappa shape index (κ1) is 31.7. The van der Waals surface area contributed by atoms with Crippen LogP contribution in [0, 0.1) is 0 Å². The van der Waals surface area contributed by atoms with Gasteiger partial charge in [-0.05, 0) is 19.1 Å². The lowest BCUT2D eigenvalue weighted by atomic mass is 9.98. The molecule has 3 heterocycles. The van der Waals surface area contributed by atoms with Crippen LogP contribution in [0.1, 0.15) is 13.8 Å². The Labute approximate surface area is 248 Å². The van der Waals surface area contributed by atoms with E-state index in [4.69, 9.17) is 32.8 Å². The number of hydrogen-bond acceptors (Lipinski definition) is 16. The molecule has 5 rings (SSSR count). The van der Waals surface area contributed by atoms with E-state index in [0.717, 1.165) is 6.92 Å². The fourth-order valence-corrected chi connectivity index (χ4v) is 5.16. The summed E-state index contributed by atoms with van der Waals surface area (Å²) in [5, 5.41) is 73.1. The van der Waals surface area contributed by atoms with E-state index in [1.54, 1.807) is 0 Å². The molecule has 0 aliphatic carbocycles. The van der Waals surface area contributed by atoms with E-state index in [-0.39, 0.29) is 33.4 Å². The van der Waals surface area contributed by atoms with Gasteiger partial charge in [0.25, 0.3) is 0 Å². The number of esters is 1. The number of fused-ring (bicyclic) bond motifs is 2. The predicted molar refractivity (Wildman–Crippen MR) is 145 cm³/mol. The number of phenolic OH excluding ortho intramolecular Hbond substituents is 2. The Hall–Kier alpha value is -3.74. The second-order valence-electron chi connectivity index (χ2n) is 10.5. The SMILES string of the molecule is COc1cc(O)c2c(=O)c3c(O)c(O[C@@H]4O[C@@H](CO[C@H]5O[C@@H](C)[C@H](OC(C)=O)[C@@H](O)[C@H]5O)[C@@H](O)[C@H](O)[C@H]4O)ccc3oc2c1. The Bertz CT molecular complexity index is 1590. The summed E-state index contributed by atoms with van der Waals surface area (Å²) in [6, 6.07) is 5.08. The number of aliphatic hydroxyl groups is 5. The highest BCUT2D eigenvalue weighted by Crippen LogP contribution is 2.38. The van der Waals surface area contributed by atoms with Gasteiger partial charge in [-0.25, -0.2) is 0 Å². The van der Waals surface area contributed by atoms with Crippen LogP contribution in [0.3, 0.4) is 0 Å². The van der Waals surface area contributed by atoms with Gasteiger partial charge in [0.05, 0.1) is 19.8 Å². The van der Waals surface area contributed by atoms with Gasteiger partial charge in [-0.1, -0.05) is 0 Å². The van der Waals surface area contributed by atoms with Crippen molar-refractivity contribution in [3.8, 4) is 23.0 Å². The van der Waals surface area contributed by atoms with Crippen molar-refractivity contribution in [3.05, 3.63) is 34.5 Å². The average Bonchev–Trinajstić information content (AvgIpc) is 2.97. The molecule has 3 aromatic rings. The third-order valence-electron chi connectivity index (χ3n) is 7.48. The van der Waals surface area contributed by atoms with Crippen molar-refractivity contribution >= 4 is 27.9 Å². The summed E-state index contributed by atoms with van der Waals surface area (Å²) >= 11 is 0. The van der Waals surface area contributed by atoms with Crippen LogP contribution in [0.2, 0.25) is 0 Å². The maximum atomic E-state index is 13.2. The van der Waals surface area contributed by atoms with E-state index >= 15 is 0 Å². The number of carbonyl (C=O) groups excluding carboxylic acids is 1. The highest BCUT2D eigenvalue weighted by atomic mass is 16.7. The summed E-state index contributed by atoms with van der Waals surface area (Å²) in [5.41, 5.74) is -0.867. The number of rotatable bonds is 7. The first-order valence-corrected chi connectivity index (χ1v) is 13.5. The van der Waals surface area contributed by atoms with Gasteiger partial charge in [0.1, 0.15) is 70.1 Å². The van der Waals surface area contributed by atoms with Gasteiger partial charge in [0, 0.05) is 19.1 Å². The summed E-state index contributed by atoms with van der Waals surface area (Å²) in [7, 11) is 1.36. The van der Waals surface area contributed by atoms with Gasteiger partial charge < -0.3 is 68.6 Å². The molecule has 2 aliphatic rings. The molecule has 0 unspecified atom stereocenters. The van der Waals surface area contributed by atoms with Crippen molar-refractivity contribution in [1.29, 1.82) is 0 Å². The first-order valence-electron chi connectivity index (χ1n) is 13.5. The smallest absolute Gasteiger partial charge is 0.303 e. The highest BCUT2D eigenvalue weighted by molar-refractivity contribution is 5.97. The zero-order chi connectivity index (χ0) is 32.0. The molecule has 240 valence electrons. The second kappa shape index (κ2) is 12.3. The number of benzene rings is 2. The van der Waals surface area contributed by atoms with E-state index < -0.39 is 90.9 Å². The van der Waals surface area contributed by atoms with Crippen LogP contribution in [-0.2, 0) is 23.7 Å². The van der Waals surface area contributed by atoms with Gasteiger partial charge in [0.15, 0.2) is 23.9 Å². The average molecular weight is 625 g/mol. The molecule has 0 saturated carbocycles. The Morgan fingerprint density at radius 1 is 0.886 bits per heavy atom. The Kier molecular flexibility index (Phi) is 8.88. The van der Waals surface area contributed by atoms with Crippen LogP contribution in [-0.4, -0.2) is 117 Å². The molecular formula is C28H32O16. The minimum Gasteiger partial charge on any atom is -0.507 e. The summed E-state index contributed by atoms with van der Waals surface area (Å²) in [5.74, 6) is -2.02. The van der Waals surface area contributed by atoms with E-state index in [1.165, 1.54) is 38.3 Å². The third-order valence-corrected chi connectivity index (χ3v) is 7.48. The topological polar surface area (TPSA) is 244 Å². The second-order valence-corrected chi connectivity index (χ2v) is 10.5. The number of hydrogen-bond donors (Lipinski definition) is 7. The molecule has 0 amide bonds. The van der Waals surface area contributed by atoms with Gasteiger partial charge in [-0.2, -0.15) is 0 Å². The van der Waals surface area contributed by atoms with Crippen LogP contribution in [0.15, 0.2) is 33.5 Å². The predicted octanol–water partition coefficient (Wildman–Crippen LogP) is -1.03. The standard InChI is InChI=1S/C28H32O16/c1-9-26(41-10(2)29)23(35)25(37)27(40-9)39-8-16-20(32)22(34)24(36)28(44-16)43-14-5-4-13-18(19(14)31)21(33)17-12(30)6-11(38-3)7-15(17)42-13/h4-7,9,16,20,22-28,30-32,34-37H,8H2,1-3H3/t9-,16-,20+,22-,23-,24+,25+,26-,27-,28+/m0/s1. The quantitative estimate of drug-likeness (QED) is 0.123. The third kappa shape index (κ3) is 5.73. The molecule has 0 radical (unpaired) electrons. The Morgan fingerprint density at radius 2 is 1.59 bits per heavy atom. The number of aromatic hydroxyl groups is 2. The number of methoxy groups -OCH3 is 1. The summed E-state index contributed by atoms with van der Waals surface area (Å²) in [6.07, 6.45) is -15.3. The van der Waals surface area contributed by atoms with Gasteiger partial charge >= 0.3 is 5.97 Å². The van der Waals surface area contributed by atoms with Crippen LogP contribution in [0.5, 0.6) is 23.0 Å². The molecule has 2 saturated heterocycles. The molecule has 16 nitrogen and oxygen atoms in total. The van der Waals surface area contributed by atoms with Gasteiger partial charge in [0.2, 0.25) is 11.7 Å². The molecule has 1 aromatic heterocycles. The molecule has 44 heavy (non-hydrogen) atoms. The Balaban J connectivity index is 1.35. The van der Waals surface area contributed by atoms with E-state index in [9.17, 15) is 45.3 Å². The van der Waals surface area contributed by atoms with Crippen LogP contribution >= 0.6 is 0 Å². The lowest BCUT2D eigenvalue weighted by molar-refractivity contribution is -0.319. The van der Waals surface area contributed by atoms with Crippen molar-refractivity contribution in [2.45, 2.75) is 75.3 Å². The number of phenols is 2. The Morgan fingerprint density at radius 3 is 2.27 bits per heavy atom. The van der Waals surface area contributed by atoms with E-state index in [2.05, 4.69) is 0 Å². The largest absolute Gasteiger partial charge is 0.507 e. The fourth-order valence-electron chi connectivity index (χ4n) is 5.16. The molecule has 2 aliphatic heterocycles. The molecular weight excluding hydrogens is 592 g/mol. The summed E-state index contributed by atoms with van der Waals surface area (Å²) in [4.78, 5) is 24.6. The maximum absolute atomic E-state index is 13.2. The highest BCUT2D eigenvalue weighted by Gasteiger charge is 2.48. The molecule has 16 heteroatoms. The molecule has 0 spiro atoms. The van der Waals surface area contributed by atoms with Crippen molar-refractivity contribution in [1.82, 2.24) is 0 Å². The van der Waals surface area contributed by atoms with E-state index in [1.807, 2.05) is 0 Å². The lowest BCUT2D eigenvalue weighted by Gasteiger charge is -2.43. The minimum absolute atomic E-state index is 0.00529. The lowest BCUT2D eigenvalue weighted by Crippen LogP contribution is -2.62. The molecule has 7 N–H and O–H groups in total. The van der Waals surface area contributed by atoms with Crippen molar-refractivity contribution in [3.63, 3.8) is 0 Å². The van der Waals surface area contributed by atoms with Crippen LogP contribution < -0.4 is 14.9 Å². The first-order chi connectivity index (χ1) is 20.8. The van der Waals surface area contributed by atoms with Gasteiger partial charge in [-0.15, -0.1) is 0 Å². The van der Waals surface area contributed by atoms with Crippen LogP contribution in [0.4, 0.5) is 0 Å². The number of aliphatic hydroxyl groups excluding tert-OH is 5. The molecule has 2 aromatic carbocycles. The zero-order valence-corrected chi connectivity index (χ0v) is 23.6. The van der Waals surface area contributed by atoms with E-state index in [0.29, 0.717) is 0 Å². The van der Waals surface area contributed by atoms with Crippen molar-refractivity contribution in [2.24, 2.45) is 0 Å². The summed E-state index contributed by atoms with van der Waals surface area (Å²) in [6.45, 7) is 2.06. The molecule has 0 bridgehead atoms. The van der Waals surface area contributed by atoms with Crippen LogP contribution in [0.25, 0.3) is 21.9 Å². The maximum Gasteiger partial charge on any atom is 0.303 e. The fraction of sp³-hybridized carbons (Fsp3) is 0.500. The minimum atomic E-state index is -1.84. The molecule has 2 fully saturated rings. The zero-order valence-electron chi connectivity index (χ0n) is 23.6. The number of carbonyl (C=O) groups is 1.